The molecule has 1 atom stereocenters. The molecular weight excluding hydrogens is 236 g/mol. The Labute approximate surface area is 105 Å². The topological polar surface area (TPSA) is 34.1 Å². The summed E-state index contributed by atoms with van der Waals surface area (Å²) in [6.07, 6.45) is 3.04. The summed E-state index contributed by atoms with van der Waals surface area (Å²) in [5.74, 6) is 0.818. The molecule has 88 valence electrons. The second kappa shape index (κ2) is 4.51. The van der Waals surface area contributed by atoms with E-state index in [0.29, 0.717) is 5.02 Å². The molecule has 1 aliphatic heterocycles. The fourth-order valence-electron chi connectivity index (χ4n) is 2.12. The van der Waals surface area contributed by atoms with Crippen molar-refractivity contribution in [2.24, 2.45) is 0 Å². The monoisotopic (exact) mass is 248 g/mol. The Hall–Kier alpha value is -1.32. The molecule has 1 aliphatic rings. The molecule has 0 aliphatic carbocycles. The zero-order chi connectivity index (χ0) is 11.7. The maximum Gasteiger partial charge on any atom is 0.146 e. The average molecular weight is 249 g/mol. The number of halogens is 1. The Bertz CT molecular complexity index is 538. The van der Waals surface area contributed by atoms with Gasteiger partial charge in [-0.05, 0) is 37.2 Å². The van der Waals surface area contributed by atoms with Crippen molar-refractivity contribution < 1.29 is 4.74 Å². The molecule has 0 unspecified atom stereocenters. The van der Waals surface area contributed by atoms with Crippen LogP contribution in [0.1, 0.15) is 6.42 Å². The number of nitrogens with zero attached hydrogens (tertiary/aromatic N) is 1. The zero-order valence-corrected chi connectivity index (χ0v) is 10.1. The Kier molecular flexibility index (Phi) is 2.87. The van der Waals surface area contributed by atoms with Crippen LogP contribution in [0.5, 0.6) is 5.75 Å². The molecule has 1 fully saturated rings. The Morgan fingerprint density at radius 2 is 2.29 bits per heavy atom. The normalized spacial score (nSPS) is 19.7. The summed E-state index contributed by atoms with van der Waals surface area (Å²) in [7, 11) is 0. The smallest absolute Gasteiger partial charge is 0.146 e. The first-order chi connectivity index (χ1) is 8.34. The highest BCUT2D eigenvalue weighted by Crippen LogP contribution is 2.30. The van der Waals surface area contributed by atoms with Gasteiger partial charge in [0.15, 0.2) is 0 Å². The predicted octanol–water partition coefficient (Wildman–Crippen LogP) is 2.63. The van der Waals surface area contributed by atoms with Crippen molar-refractivity contribution in [3.63, 3.8) is 0 Å². The number of ether oxygens (including phenoxy) is 1. The largest absolute Gasteiger partial charge is 0.487 e. The third-order valence-corrected chi connectivity index (χ3v) is 3.32. The number of hydrogen-bond donors (Lipinski definition) is 1. The third-order valence-electron chi connectivity index (χ3n) is 2.99. The van der Waals surface area contributed by atoms with Crippen LogP contribution in [0.3, 0.4) is 0 Å². The molecule has 0 spiro atoms. The second-order valence-electron chi connectivity index (χ2n) is 4.18. The first-order valence-electron chi connectivity index (χ1n) is 5.75. The highest BCUT2D eigenvalue weighted by Gasteiger charge is 2.17. The van der Waals surface area contributed by atoms with Crippen LogP contribution in [0.4, 0.5) is 0 Å². The van der Waals surface area contributed by atoms with Gasteiger partial charge in [-0.15, -0.1) is 0 Å². The number of hydrogen-bond acceptors (Lipinski definition) is 3. The molecule has 1 aromatic heterocycles. The summed E-state index contributed by atoms with van der Waals surface area (Å²) in [5.41, 5.74) is 0.840. The van der Waals surface area contributed by atoms with Crippen molar-refractivity contribution in [3.8, 4) is 5.75 Å². The molecule has 1 N–H and O–H groups in total. The molecular formula is C13H13ClN2O. The van der Waals surface area contributed by atoms with E-state index < -0.39 is 0 Å². The third kappa shape index (κ3) is 2.08. The molecule has 4 heteroatoms. The van der Waals surface area contributed by atoms with Gasteiger partial charge in [0.25, 0.3) is 0 Å². The lowest BCUT2D eigenvalue weighted by atomic mass is 10.2. The van der Waals surface area contributed by atoms with E-state index in [0.717, 1.165) is 36.2 Å². The van der Waals surface area contributed by atoms with Crippen molar-refractivity contribution in [2.75, 3.05) is 13.1 Å². The van der Waals surface area contributed by atoms with Gasteiger partial charge in [0.1, 0.15) is 17.4 Å². The maximum absolute atomic E-state index is 6.14. The minimum Gasteiger partial charge on any atom is -0.487 e. The molecule has 0 saturated carbocycles. The van der Waals surface area contributed by atoms with Crippen LogP contribution in [-0.4, -0.2) is 24.2 Å². The first kappa shape index (κ1) is 10.8. The van der Waals surface area contributed by atoms with Gasteiger partial charge in [-0.3, -0.25) is 4.98 Å². The van der Waals surface area contributed by atoms with E-state index in [1.54, 1.807) is 6.20 Å². The molecule has 0 radical (unpaired) electrons. The van der Waals surface area contributed by atoms with Crippen molar-refractivity contribution in [1.29, 1.82) is 0 Å². The van der Waals surface area contributed by atoms with Crippen molar-refractivity contribution >= 4 is 22.5 Å². The van der Waals surface area contributed by atoms with Crippen LogP contribution in [-0.2, 0) is 0 Å². The number of nitrogens with one attached hydrogen (secondary N) is 1. The SMILES string of the molecule is Clc1ccc(O[C@H]2CCNC2)c2ncccc12. The quantitative estimate of drug-likeness (QED) is 0.887. The summed E-state index contributed by atoms with van der Waals surface area (Å²) >= 11 is 6.14. The first-order valence-corrected chi connectivity index (χ1v) is 6.13. The highest BCUT2D eigenvalue weighted by molar-refractivity contribution is 6.35. The molecule has 0 bridgehead atoms. The molecule has 2 aromatic rings. The summed E-state index contributed by atoms with van der Waals surface area (Å²) < 4.78 is 5.96. The van der Waals surface area contributed by atoms with E-state index in [1.165, 1.54) is 0 Å². The molecule has 3 nitrogen and oxygen atoms in total. The van der Waals surface area contributed by atoms with Gasteiger partial charge in [0.05, 0.1) is 5.02 Å². The van der Waals surface area contributed by atoms with Crippen LogP contribution in [0, 0.1) is 0 Å². The number of rotatable bonds is 2. The number of pyridine rings is 1. The zero-order valence-electron chi connectivity index (χ0n) is 9.32. The van der Waals surface area contributed by atoms with Crippen molar-refractivity contribution in [2.45, 2.75) is 12.5 Å². The minimum absolute atomic E-state index is 0.237. The second-order valence-corrected chi connectivity index (χ2v) is 4.58. The Balaban J connectivity index is 2.01. The highest BCUT2D eigenvalue weighted by atomic mass is 35.5. The summed E-state index contributed by atoms with van der Waals surface area (Å²) in [6, 6.07) is 7.61. The molecule has 1 saturated heterocycles. The van der Waals surface area contributed by atoms with E-state index in [1.807, 2.05) is 24.3 Å². The van der Waals surface area contributed by atoms with E-state index in [-0.39, 0.29) is 6.10 Å². The summed E-state index contributed by atoms with van der Waals surface area (Å²) in [5, 5.41) is 4.94. The van der Waals surface area contributed by atoms with Crippen molar-refractivity contribution in [1.82, 2.24) is 10.3 Å². The molecule has 2 heterocycles. The fraction of sp³-hybridized carbons (Fsp3) is 0.308. The fourth-order valence-corrected chi connectivity index (χ4v) is 2.33. The van der Waals surface area contributed by atoms with Crippen LogP contribution in [0.25, 0.3) is 10.9 Å². The van der Waals surface area contributed by atoms with Gasteiger partial charge in [-0.2, -0.15) is 0 Å². The van der Waals surface area contributed by atoms with Gasteiger partial charge >= 0.3 is 0 Å². The molecule has 1 aromatic carbocycles. The van der Waals surface area contributed by atoms with Crippen LogP contribution in [0.15, 0.2) is 30.5 Å². The van der Waals surface area contributed by atoms with Crippen molar-refractivity contribution in [3.05, 3.63) is 35.5 Å². The van der Waals surface area contributed by atoms with E-state index >= 15 is 0 Å². The lowest BCUT2D eigenvalue weighted by Crippen LogP contribution is -2.19. The number of fused-ring (bicyclic) bond motifs is 1. The van der Waals surface area contributed by atoms with Gasteiger partial charge in [-0.25, -0.2) is 0 Å². The average Bonchev–Trinajstić information content (AvgIpc) is 2.86. The molecule has 3 rings (SSSR count). The Morgan fingerprint density at radius 1 is 1.35 bits per heavy atom. The molecule has 17 heavy (non-hydrogen) atoms. The van der Waals surface area contributed by atoms with Gasteiger partial charge < -0.3 is 10.1 Å². The molecule has 0 amide bonds. The van der Waals surface area contributed by atoms with Crippen LogP contribution >= 0.6 is 11.6 Å². The minimum atomic E-state index is 0.237. The lowest BCUT2D eigenvalue weighted by Gasteiger charge is -2.14. The van der Waals surface area contributed by atoms with E-state index in [9.17, 15) is 0 Å². The van der Waals surface area contributed by atoms with E-state index in [2.05, 4.69) is 10.3 Å². The standard InChI is InChI=1S/C13H13ClN2O/c14-11-3-4-12(17-9-5-7-15-8-9)13-10(11)2-1-6-16-13/h1-4,6,9,15H,5,7-8H2/t9-/m0/s1. The lowest BCUT2D eigenvalue weighted by molar-refractivity contribution is 0.225. The maximum atomic E-state index is 6.14. The van der Waals surface area contributed by atoms with Crippen LogP contribution in [0.2, 0.25) is 5.02 Å². The van der Waals surface area contributed by atoms with Gasteiger partial charge in [0.2, 0.25) is 0 Å². The van der Waals surface area contributed by atoms with Gasteiger partial charge in [-0.1, -0.05) is 11.6 Å². The predicted molar refractivity (Wildman–Crippen MR) is 68.7 cm³/mol. The van der Waals surface area contributed by atoms with Crippen LogP contribution < -0.4 is 10.1 Å². The number of aromatic nitrogens is 1. The van der Waals surface area contributed by atoms with Gasteiger partial charge in [0, 0.05) is 18.1 Å². The Morgan fingerprint density at radius 3 is 3.12 bits per heavy atom. The number of benzene rings is 1. The summed E-state index contributed by atoms with van der Waals surface area (Å²) in [6.45, 7) is 1.92. The van der Waals surface area contributed by atoms with E-state index in [4.69, 9.17) is 16.3 Å². The summed E-state index contributed by atoms with van der Waals surface area (Å²) in [4.78, 5) is 4.35.